The lowest BCUT2D eigenvalue weighted by Crippen LogP contribution is -2.31. The first-order chi connectivity index (χ1) is 12.2. The van der Waals surface area contributed by atoms with Crippen LogP contribution in [-0.4, -0.2) is 72.9 Å². The van der Waals surface area contributed by atoms with Crippen LogP contribution in [0.2, 0.25) is 0 Å². The highest BCUT2D eigenvalue weighted by molar-refractivity contribution is 7.87. The molecule has 0 N–H and O–H groups in total. The molecule has 4 atom stereocenters. The molecule has 0 aliphatic carbocycles. The maximum absolute atomic E-state index is 13.3. The van der Waals surface area contributed by atoms with Gasteiger partial charge in [-0.1, -0.05) is 0 Å². The Balaban J connectivity index is 2.27. The highest BCUT2D eigenvalue weighted by Crippen LogP contribution is 2.77. The Bertz CT molecular complexity index is 794. The molecule has 16 heteroatoms. The van der Waals surface area contributed by atoms with Crippen molar-refractivity contribution < 1.29 is 52.4 Å². The zero-order valence-corrected chi connectivity index (χ0v) is 18.5. The van der Waals surface area contributed by atoms with Crippen LogP contribution in [-0.2, 0) is 55.8 Å². The fraction of sp³-hybridized carbons (Fsp3) is 1.00. The Morgan fingerprint density at radius 1 is 0.815 bits per heavy atom. The van der Waals surface area contributed by atoms with E-state index in [-0.39, 0.29) is 13.2 Å². The number of hydrogen-bond acceptors (Lipinski definition) is 12. The Kier molecular flexibility index (Phi) is 6.72. The van der Waals surface area contributed by atoms with Gasteiger partial charge in [-0.15, -0.1) is 0 Å². The van der Waals surface area contributed by atoms with Gasteiger partial charge in [0.2, 0.25) is 0 Å². The Morgan fingerprint density at radius 2 is 1.15 bits per heavy atom. The van der Waals surface area contributed by atoms with Gasteiger partial charge in [-0.25, -0.2) is 0 Å². The van der Waals surface area contributed by atoms with Crippen LogP contribution in [0.1, 0.15) is 13.8 Å². The molecule has 0 radical (unpaired) electrons. The molecule has 0 aromatic rings. The molecule has 0 saturated carbocycles. The van der Waals surface area contributed by atoms with E-state index >= 15 is 0 Å². The van der Waals surface area contributed by atoms with E-state index in [4.69, 9.17) is 18.1 Å². The smallest absolute Gasteiger partial charge is 0.311 e. The molecule has 160 valence electrons. The van der Waals surface area contributed by atoms with Gasteiger partial charge in [-0.05, 0) is 13.8 Å². The molecular weight excluding hydrogens is 450 g/mol. The second-order valence-corrected chi connectivity index (χ2v) is 15.4. The minimum absolute atomic E-state index is 0.376. The van der Waals surface area contributed by atoms with Crippen LogP contribution in [0.3, 0.4) is 0 Å². The molecule has 0 aromatic carbocycles. The van der Waals surface area contributed by atoms with Gasteiger partial charge in [0.05, 0.1) is 13.2 Å². The van der Waals surface area contributed by atoms with E-state index in [1.165, 1.54) is 13.8 Å². The average molecular weight is 472 g/mol. The third-order valence-corrected chi connectivity index (χ3v) is 12.9. The van der Waals surface area contributed by atoms with Crippen molar-refractivity contribution in [2.75, 3.05) is 38.9 Å². The Hall–Kier alpha value is 0.120. The molecule has 2 aliphatic rings. The van der Waals surface area contributed by atoms with Gasteiger partial charge in [0.15, 0.2) is 4.90 Å². The van der Waals surface area contributed by atoms with Crippen LogP contribution in [0.25, 0.3) is 0 Å². The molecule has 2 rings (SSSR count). The molecule has 0 amide bonds. The molecule has 2 aliphatic heterocycles. The molecule has 4 unspecified atom stereocenters. The maximum atomic E-state index is 13.3. The van der Waals surface area contributed by atoms with Crippen molar-refractivity contribution >= 4 is 35.4 Å². The zero-order chi connectivity index (χ0) is 20.7. The van der Waals surface area contributed by atoms with Gasteiger partial charge >= 0.3 is 15.2 Å². The molecule has 2 fully saturated rings. The van der Waals surface area contributed by atoms with Crippen molar-refractivity contribution in [2.45, 2.75) is 31.0 Å². The standard InChI is InChI=1S/C11H22O12P2S2/c1-11(2,24(12,18-3)22-9-5-20-26(14,15)7-9)25(13,19-4)23-10-6-21-27(16,17)8-10/h9-10H,5-8H2,1-4H3. The second kappa shape index (κ2) is 7.75. The van der Waals surface area contributed by atoms with Crippen LogP contribution in [0.15, 0.2) is 0 Å². The molecule has 0 aromatic heterocycles. The number of rotatable bonds is 8. The Morgan fingerprint density at radius 3 is 1.37 bits per heavy atom. The minimum atomic E-state index is -4.28. The van der Waals surface area contributed by atoms with Gasteiger partial charge in [0, 0.05) is 14.2 Å². The third kappa shape index (κ3) is 4.82. The Labute approximate surface area is 158 Å². The third-order valence-electron chi connectivity index (χ3n) is 4.04. The maximum Gasteiger partial charge on any atom is 0.348 e. The molecule has 12 nitrogen and oxygen atoms in total. The van der Waals surface area contributed by atoms with Crippen LogP contribution in [0.5, 0.6) is 0 Å². The SMILES string of the molecule is COP(=O)(OC1COS(=O)(=O)C1)C(C)(C)P(=O)(OC)OC1COS(=O)(=O)C1. The van der Waals surface area contributed by atoms with Crippen molar-refractivity contribution in [3.8, 4) is 0 Å². The van der Waals surface area contributed by atoms with Crippen molar-refractivity contribution in [1.82, 2.24) is 0 Å². The van der Waals surface area contributed by atoms with E-state index in [1.807, 2.05) is 0 Å². The van der Waals surface area contributed by atoms with E-state index in [0.717, 1.165) is 14.2 Å². The van der Waals surface area contributed by atoms with Gasteiger partial charge in [-0.3, -0.25) is 17.5 Å². The molecule has 2 saturated heterocycles. The summed E-state index contributed by atoms with van der Waals surface area (Å²) in [5, 5.41) is 0. The first-order valence-electron chi connectivity index (χ1n) is 7.62. The lowest BCUT2D eigenvalue weighted by atomic mass is 10.5. The molecule has 2 heterocycles. The summed E-state index contributed by atoms with van der Waals surface area (Å²) in [6.45, 7) is 1.71. The summed E-state index contributed by atoms with van der Waals surface area (Å²) in [6, 6.07) is 0. The van der Waals surface area contributed by atoms with Crippen molar-refractivity contribution in [2.24, 2.45) is 0 Å². The normalized spacial score (nSPS) is 32.0. The highest BCUT2D eigenvalue weighted by atomic mass is 32.2. The van der Waals surface area contributed by atoms with Crippen LogP contribution in [0.4, 0.5) is 0 Å². The average Bonchev–Trinajstić information content (AvgIpc) is 3.07. The van der Waals surface area contributed by atoms with Crippen molar-refractivity contribution in [3.63, 3.8) is 0 Å². The fourth-order valence-corrected chi connectivity index (χ4v) is 9.42. The summed E-state index contributed by atoms with van der Waals surface area (Å²) >= 11 is 0. The van der Waals surface area contributed by atoms with E-state index < -0.39 is 64.0 Å². The summed E-state index contributed by atoms with van der Waals surface area (Å²) in [4.78, 5) is -1.90. The lowest BCUT2D eigenvalue weighted by Gasteiger charge is -2.37. The highest BCUT2D eigenvalue weighted by Gasteiger charge is 2.60. The molecule has 0 spiro atoms. The summed E-state index contributed by atoms with van der Waals surface area (Å²) in [5.74, 6) is -1.10. The topological polar surface area (TPSA) is 158 Å². The first-order valence-corrected chi connectivity index (χ1v) is 13.9. The zero-order valence-electron chi connectivity index (χ0n) is 15.1. The van der Waals surface area contributed by atoms with E-state index in [0.29, 0.717) is 0 Å². The summed E-state index contributed by atoms with van der Waals surface area (Å²) in [7, 11) is -14.1. The predicted octanol–water partition coefficient (Wildman–Crippen LogP) is 0.892. The van der Waals surface area contributed by atoms with E-state index in [9.17, 15) is 26.0 Å². The van der Waals surface area contributed by atoms with Crippen LogP contribution in [0, 0.1) is 0 Å². The first kappa shape index (κ1) is 23.4. The van der Waals surface area contributed by atoms with Gasteiger partial charge < -0.3 is 18.1 Å². The molecule has 27 heavy (non-hydrogen) atoms. The largest absolute Gasteiger partial charge is 0.348 e. The molecule has 0 bridgehead atoms. The van der Waals surface area contributed by atoms with E-state index in [2.05, 4.69) is 8.37 Å². The minimum Gasteiger partial charge on any atom is -0.311 e. The fourth-order valence-electron chi connectivity index (χ4n) is 2.46. The quantitative estimate of drug-likeness (QED) is 0.363. The monoisotopic (exact) mass is 472 g/mol. The van der Waals surface area contributed by atoms with Crippen molar-refractivity contribution in [1.29, 1.82) is 0 Å². The van der Waals surface area contributed by atoms with Crippen LogP contribution >= 0.6 is 15.2 Å². The lowest BCUT2D eigenvalue weighted by molar-refractivity contribution is 0.125. The number of hydrogen-bond donors (Lipinski definition) is 0. The summed E-state index contributed by atoms with van der Waals surface area (Å²) in [6.07, 6.45) is -2.22. The van der Waals surface area contributed by atoms with Crippen LogP contribution < -0.4 is 0 Å². The van der Waals surface area contributed by atoms with E-state index in [1.54, 1.807) is 0 Å². The summed E-state index contributed by atoms with van der Waals surface area (Å²) < 4.78 is 102. The summed E-state index contributed by atoms with van der Waals surface area (Å²) in [5.41, 5.74) is 0. The molecular formula is C11H22O12P2S2. The van der Waals surface area contributed by atoms with Gasteiger partial charge in [-0.2, -0.15) is 16.8 Å². The van der Waals surface area contributed by atoms with Gasteiger partial charge in [0.1, 0.15) is 23.7 Å². The predicted molar refractivity (Wildman–Crippen MR) is 92.5 cm³/mol. The second-order valence-electron chi connectivity index (χ2n) is 6.33. The van der Waals surface area contributed by atoms with Crippen molar-refractivity contribution in [3.05, 3.63) is 0 Å². The van der Waals surface area contributed by atoms with Gasteiger partial charge in [0.25, 0.3) is 20.2 Å².